The van der Waals surface area contributed by atoms with Crippen molar-refractivity contribution in [2.75, 3.05) is 6.61 Å². The predicted octanol–water partition coefficient (Wildman–Crippen LogP) is 3.52. The molecule has 0 radical (unpaired) electrons. The highest BCUT2D eigenvalue weighted by Crippen LogP contribution is 2.66. The van der Waals surface area contributed by atoms with Gasteiger partial charge in [-0.3, -0.25) is 9.78 Å². The van der Waals surface area contributed by atoms with Gasteiger partial charge in [0.05, 0.1) is 46.8 Å². The highest BCUT2D eigenvalue weighted by Gasteiger charge is 2.66. The molecule has 1 fully saturated rings. The van der Waals surface area contributed by atoms with E-state index in [1.807, 2.05) is 24.3 Å². The van der Waals surface area contributed by atoms with Gasteiger partial charge in [-0.25, -0.2) is 4.98 Å². The van der Waals surface area contributed by atoms with E-state index in [1.165, 1.54) is 12.3 Å². The first kappa shape index (κ1) is 18.0. The third-order valence-electron chi connectivity index (χ3n) is 5.47. The number of nitrogens with one attached hydrogen (secondary N) is 1. The van der Waals surface area contributed by atoms with Crippen molar-refractivity contribution < 1.29 is 22.7 Å². The summed E-state index contributed by atoms with van der Waals surface area (Å²) >= 11 is 0. The molecule has 2 aromatic heterocycles. The van der Waals surface area contributed by atoms with Crippen molar-refractivity contribution in [2.24, 2.45) is 5.92 Å². The maximum absolute atomic E-state index is 12.7. The predicted molar refractivity (Wildman–Crippen MR) is 97.3 cm³/mol. The Labute approximate surface area is 163 Å². The maximum Gasteiger partial charge on any atom is 0.422 e. The van der Waals surface area contributed by atoms with Crippen molar-refractivity contribution in [2.45, 2.75) is 31.1 Å². The minimum Gasteiger partial charge on any atom is -0.483 e. The molecule has 29 heavy (non-hydrogen) atoms. The number of para-hydroxylation sites is 2. The Balaban J connectivity index is 1.21. The Morgan fingerprint density at radius 1 is 1.28 bits per heavy atom. The lowest BCUT2D eigenvalue weighted by Crippen LogP contribution is -2.29. The highest BCUT2D eigenvalue weighted by molar-refractivity contribution is 5.88. The van der Waals surface area contributed by atoms with Crippen LogP contribution >= 0.6 is 0 Å². The normalized spacial score (nSPS) is 23.0. The lowest BCUT2D eigenvalue weighted by molar-refractivity contribution is -0.153. The molecule has 1 amide bonds. The number of hydrogen-bond acceptors (Lipinski definition) is 4. The average molecular weight is 402 g/mol. The summed E-state index contributed by atoms with van der Waals surface area (Å²) in [5, 5.41) is 2.94. The van der Waals surface area contributed by atoms with Crippen LogP contribution in [0.4, 0.5) is 13.2 Å². The first-order chi connectivity index (χ1) is 13.8. The fourth-order valence-electron chi connectivity index (χ4n) is 4.06. The summed E-state index contributed by atoms with van der Waals surface area (Å²) < 4.78 is 43.4. The Bertz CT molecular complexity index is 1090. The molecule has 1 aliphatic carbocycles. The molecule has 5 rings (SSSR count). The molecule has 1 N–H and O–H groups in total. The van der Waals surface area contributed by atoms with E-state index in [1.54, 1.807) is 13.0 Å². The second kappa shape index (κ2) is 6.20. The van der Waals surface area contributed by atoms with Crippen LogP contribution in [0.25, 0.3) is 11.0 Å². The third-order valence-corrected chi connectivity index (χ3v) is 5.47. The van der Waals surface area contributed by atoms with Crippen LogP contribution < -0.4 is 10.1 Å². The fourth-order valence-corrected chi connectivity index (χ4v) is 4.06. The molecule has 0 saturated heterocycles. The van der Waals surface area contributed by atoms with Crippen LogP contribution in [0.15, 0.2) is 42.6 Å². The number of pyridine rings is 1. The monoisotopic (exact) mass is 402 g/mol. The quantitative estimate of drug-likeness (QED) is 0.709. The smallest absolute Gasteiger partial charge is 0.422 e. The minimum absolute atomic E-state index is 0.0298. The van der Waals surface area contributed by atoms with Crippen LogP contribution in [0.1, 0.15) is 36.4 Å². The number of nitrogens with zero attached hydrogens (tertiary/aromatic N) is 3. The number of carbonyl (C=O) groups excluding carboxylic acids is 1. The molecule has 3 aromatic rings. The number of aromatic nitrogens is 3. The molecule has 6 nitrogen and oxygen atoms in total. The third kappa shape index (κ3) is 3.01. The lowest BCUT2D eigenvalue weighted by Gasteiger charge is -2.15. The molecule has 1 aromatic carbocycles. The standard InChI is InChI=1S/C20H17F3N4O2/c1-10(12-7-6-11(8-24-12)29-9-20(21,22)23)25-19(28)16-15-17(16)27-14-5-3-2-4-13(14)26-18(15)27/h2-8,10,15-17H,9H2,1H3,(H,25,28)/t10-,15+,16+,17?/m1/s1. The molecule has 4 atom stereocenters. The summed E-state index contributed by atoms with van der Waals surface area (Å²) in [6.45, 7) is 0.420. The van der Waals surface area contributed by atoms with Gasteiger partial charge in [-0.05, 0) is 31.2 Å². The van der Waals surface area contributed by atoms with Crippen molar-refractivity contribution in [1.29, 1.82) is 0 Å². The summed E-state index contributed by atoms with van der Waals surface area (Å²) in [6.07, 6.45) is -3.17. The maximum atomic E-state index is 12.7. The van der Waals surface area contributed by atoms with E-state index in [2.05, 4.69) is 24.6 Å². The summed E-state index contributed by atoms with van der Waals surface area (Å²) in [4.78, 5) is 21.4. The van der Waals surface area contributed by atoms with E-state index in [0.29, 0.717) is 5.69 Å². The van der Waals surface area contributed by atoms with Gasteiger partial charge < -0.3 is 14.6 Å². The first-order valence-corrected chi connectivity index (χ1v) is 9.26. The van der Waals surface area contributed by atoms with Crippen LogP contribution in [-0.2, 0) is 4.79 Å². The van der Waals surface area contributed by atoms with Gasteiger partial charge in [-0.2, -0.15) is 13.2 Å². The minimum atomic E-state index is -4.40. The van der Waals surface area contributed by atoms with Gasteiger partial charge >= 0.3 is 6.18 Å². The molecule has 2 aliphatic rings. The van der Waals surface area contributed by atoms with E-state index in [4.69, 9.17) is 0 Å². The molecular weight excluding hydrogens is 385 g/mol. The number of alkyl halides is 3. The zero-order chi connectivity index (χ0) is 20.3. The van der Waals surface area contributed by atoms with Crippen molar-refractivity contribution in [3.63, 3.8) is 0 Å². The van der Waals surface area contributed by atoms with Crippen LogP contribution in [-0.4, -0.2) is 33.2 Å². The average Bonchev–Trinajstić information content (AvgIpc) is 3.23. The van der Waals surface area contributed by atoms with Gasteiger partial charge in [-0.1, -0.05) is 12.1 Å². The lowest BCUT2D eigenvalue weighted by atomic mass is 10.2. The second-order valence-corrected chi connectivity index (χ2v) is 7.42. The molecule has 0 bridgehead atoms. The number of imidazole rings is 1. The van der Waals surface area contributed by atoms with E-state index in [9.17, 15) is 18.0 Å². The summed E-state index contributed by atoms with van der Waals surface area (Å²) in [6, 6.07) is 10.6. The summed E-state index contributed by atoms with van der Waals surface area (Å²) in [7, 11) is 0. The van der Waals surface area contributed by atoms with E-state index in [0.717, 1.165) is 16.9 Å². The Kier molecular flexibility index (Phi) is 3.84. The van der Waals surface area contributed by atoms with Crippen LogP contribution in [0.2, 0.25) is 0 Å². The number of halogens is 3. The van der Waals surface area contributed by atoms with Crippen molar-refractivity contribution in [3.8, 4) is 5.75 Å². The number of benzene rings is 1. The van der Waals surface area contributed by atoms with Crippen molar-refractivity contribution in [1.82, 2.24) is 19.9 Å². The Morgan fingerprint density at radius 2 is 2.07 bits per heavy atom. The van der Waals surface area contributed by atoms with E-state index < -0.39 is 12.8 Å². The van der Waals surface area contributed by atoms with E-state index >= 15 is 0 Å². The van der Waals surface area contributed by atoms with Gasteiger partial charge in [0.25, 0.3) is 0 Å². The molecule has 1 unspecified atom stereocenters. The number of amides is 1. The molecule has 9 heteroatoms. The highest BCUT2D eigenvalue weighted by atomic mass is 19.4. The molecule has 0 spiro atoms. The molecule has 1 saturated carbocycles. The molecular formula is C20H17F3N4O2. The first-order valence-electron chi connectivity index (χ1n) is 9.26. The number of ether oxygens (including phenoxy) is 1. The molecule has 150 valence electrons. The van der Waals surface area contributed by atoms with Gasteiger partial charge in [0, 0.05) is 0 Å². The number of hydrogen-bond donors (Lipinski definition) is 1. The van der Waals surface area contributed by atoms with Gasteiger partial charge in [-0.15, -0.1) is 0 Å². The van der Waals surface area contributed by atoms with E-state index in [-0.39, 0.29) is 35.6 Å². The Hall–Kier alpha value is -3.10. The van der Waals surface area contributed by atoms with Crippen molar-refractivity contribution >= 4 is 16.9 Å². The van der Waals surface area contributed by atoms with Gasteiger partial charge in [0.15, 0.2) is 6.61 Å². The molecule has 1 aliphatic heterocycles. The van der Waals surface area contributed by atoms with Crippen LogP contribution in [0.3, 0.4) is 0 Å². The zero-order valence-electron chi connectivity index (χ0n) is 15.3. The van der Waals surface area contributed by atoms with Crippen molar-refractivity contribution in [3.05, 3.63) is 54.1 Å². The Morgan fingerprint density at radius 3 is 2.79 bits per heavy atom. The topological polar surface area (TPSA) is 69.0 Å². The molecule has 3 heterocycles. The number of carbonyl (C=O) groups is 1. The largest absolute Gasteiger partial charge is 0.483 e. The van der Waals surface area contributed by atoms with Crippen LogP contribution in [0.5, 0.6) is 5.75 Å². The second-order valence-electron chi connectivity index (χ2n) is 7.42. The van der Waals surface area contributed by atoms with Gasteiger partial charge in [0.2, 0.25) is 5.91 Å². The fraction of sp³-hybridized carbons (Fsp3) is 0.350. The van der Waals surface area contributed by atoms with Crippen LogP contribution in [0, 0.1) is 5.92 Å². The zero-order valence-corrected chi connectivity index (χ0v) is 15.3. The number of rotatable bonds is 5. The summed E-state index contributed by atoms with van der Waals surface area (Å²) in [5.74, 6) is 0.927. The number of fused-ring (bicyclic) bond motifs is 6. The van der Waals surface area contributed by atoms with Gasteiger partial charge in [0.1, 0.15) is 11.6 Å². The SMILES string of the molecule is C[C@@H](NC(=O)[C@@H]1C2[C@H]1c1nc3ccccc3n12)c1ccc(OCC(F)(F)F)cn1. The summed E-state index contributed by atoms with van der Waals surface area (Å²) in [5.41, 5.74) is 2.54.